The van der Waals surface area contributed by atoms with Crippen molar-refractivity contribution in [3.8, 4) is 0 Å². The SMILES string of the molecule is O=CC(CO[Si](c1ccccc1)(c1ccccc1)c1ccccc1)(c1ccccc1)C1CCCCC1. The van der Waals surface area contributed by atoms with E-state index in [4.69, 9.17) is 4.43 Å². The van der Waals surface area contributed by atoms with Gasteiger partial charge in [-0.3, -0.25) is 0 Å². The Morgan fingerprint density at radius 3 is 1.47 bits per heavy atom. The van der Waals surface area contributed by atoms with E-state index >= 15 is 0 Å². The second kappa shape index (κ2) is 11.2. The molecule has 0 N–H and O–H groups in total. The van der Waals surface area contributed by atoms with E-state index in [-0.39, 0.29) is 5.92 Å². The summed E-state index contributed by atoms with van der Waals surface area (Å²) in [5.41, 5.74) is 0.405. The monoisotopic (exact) mass is 490 g/mol. The summed E-state index contributed by atoms with van der Waals surface area (Å²) in [4.78, 5) is 13.2. The van der Waals surface area contributed by atoms with Crippen molar-refractivity contribution in [2.45, 2.75) is 37.5 Å². The molecule has 2 nitrogen and oxygen atoms in total. The zero-order chi connectivity index (χ0) is 24.7. The first kappa shape index (κ1) is 24.4. The van der Waals surface area contributed by atoms with Crippen LogP contribution < -0.4 is 15.6 Å². The largest absolute Gasteiger partial charge is 0.403 e. The van der Waals surface area contributed by atoms with E-state index in [0.29, 0.717) is 6.61 Å². The first-order valence-electron chi connectivity index (χ1n) is 13.1. The summed E-state index contributed by atoms with van der Waals surface area (Å²) in [6.07, 6.45) is 6.93. The van der Waals surface area contributed by atoms with Crippen molar-refractivity contribution in [2.24, 2.45) is 5.92 Å². The van der Waals surface area contributed by atoms with Gasteiger partial charge in [-0.05, 0) is 39.9 Å². The second-order valence-corrected chi connectivity index (χ2v) is 13.3. The third-order valence-electron chi connectivity index (χ3n) is 7.92. The standard InChI is InChI=1S/C33H34O2Si/c34-26-33(28-16-6-1-7-17-28,29-18-8-2-9-19-29)27-35-36(30-20-10-3-11-21-30,31-22-12-4-13-23-31)32-24-14-5-15-25-32/h1,3-7,10-17,20-26,29H,2,8-9,18-19,27H2. The topological polar surface area (TPSA) is 26.3 Å². The normalized spacial score (nSPS) is 16.2. The van der Waals surface area contributed by atoms with Gasteiger partial charge in [-0.25, -0.2) is 0 Å². The van der Waals surface area contributed by atoms with Gasteiger partial charge in [0.05, 0.1) is 12.0 Å². The van der Waals surface area contributed by atoms with E-state index in [1.54, 1.807) is 0 Å². The van der Waals surface area contributed by atoms with Gasteiger partial charge in [0.15, 0.2) is 0 Å². The number of carbonyl (C=O) groups is 1. The molecule has 36 heavy (non-hydrogen) atoms. The third-order valence-corrected chi connectivity index (χ3v) is 11.9. The zero-order valence-electron chi connectivity index (χ0n) is 20.8. The van der Waals surface area contributed by atoms with Crippen LogP contribution in [0.2, 0.25) is 0 Å². The maximum atomic E-state index is 13.2. The Bertz CT molecular complexity index is 1130. The van der Waals surface area contributed by atoms with Crippen LogP contribution in [0.1, 0.15) is 37.7 Å². The van der Waals surface area contributed by atoms with Crippen LogP contribution in [0.25, 0.3) is 0 Å². The molecule has 4 aromatic carbocycles. The molecule has 1 aliphatic rings. The lowest BCUT2D eigenvalue weighted by Crippen LogP contribution is -2.70. The highest BCUT2D eigenvalue weighted by Crippen LogP contribution is 2.40. The average molecular weight is 491 g/mol. The maximum Gasteiger partial charge on any atom is 0.288 e. The van der Waals surface area contributed by atoms with Crippen molar-refractivity contribution in [3.63, 3.8) is 0 Å². The van der Waals surface area contributed by atoms with Crippen molar-refractivity contribution in [3.05, 3.63) is 127 Å². The quantitative estimate of drug-likeness (QED) is 0.179. The fourth-order valence-electron chi connectivity index (χ4n) is 6.00. The van der Waals surface area contributed by atoms with Gasteiger partial charge in [0, 0.05) is 0 Å². The molecule has 1 atom stereocenters. The number of aldehydes is 1. The van der Waals surface area contributed by atoms with Crippen molar-refractivity contribution in [1.29, 1.82) is 0 Å². The van der Waals surface area contributed by atoms with Crippen LogP contribution in [-0.2, 0) is 14.6 Å². The van der Waals surface area contributed by atoms with Crippen LogP contribution in [0.15, 0.2) is 121 Å². The molecule has 0 radical (unpaired) electrons. The van der Waals surface area contributed by atoms with Crippen molar-refractivity contribution in [2.75, 3.05) is 6.61 Å². The molecule has 3 heteroatoms. The van der Waals surface area contributed by atoms with Crippen LogP contribution >= 0.6 is 0 Å². The predicted octanol–water partition coefficient (Wildman–Crippen LogP) is 5.39. The Morgan fingerprint density at radius 2 is 1.06 bits per heavy atom. The lowest BCUT2D eigenvalue weighted by Gasteiger charge is -2.42. The molecule has 1 fully saturated rings. The Kier molecular flexibility index (Phi) is 7.59. The molecule has 1 aliphatic carbocycles. The molecule has 0 amide bonds. The van der Waals surface area contributed by atoms with Crippen LogP contribution in [0.5, 0.6) is 0 Å². The van der Waals surface area contributed by atoms with Gasteiger partial charge in [-0.1, -0.05) is 141 Å². The Balaban J connectivity index is 1.67. The van der Waals surface area contributed by atoms with Gasteiger partial charge in [0.25, 0.3) is 8.32 Å². The second-order valence-electron chi connectivity index (χ2n) is 9.93. The number of rotatable bonds is 9. The fourth-order valence-corrected chi connectivity index (χ4v) is 9.94. The number of hydrogen-bond acceptors (Lipinski definition) is 2. The minimum Gasteiger partial charge on any atom is -0.403 e. The molecular formula is C33H34O2Si. The molecule has 4 aromatic rings. The smallest absolute Gasteiger partial charge is 0.288 e. The summed E-state index contributed by atoms with van der Waals surface area (Å²) in [5.74, 6) is 0.278. The highest BCUT2D eigenvalue weighted by molar-refractivity contribution is 7.07. The van der Waals surface area contributed by atoms with Crippen molar-refractivity contribution >= 4 is 30.2 Å². The molecular weight excluding hydrogens is 456 g/mol. The molecule has 0 bridgehead atoms. The van der Waals surface area contributed by atoms with Crippen LogP contribution in [0, 0.1) is 5.92 Å². The summed E-state index contributed by atoms with van der Waals surface area (Å²) >= 11 is 0. The minimum absolute atomic E-state index is 0.278. The minimum atomic E-state index is -2.91. The highest BCUT2D eigenvalue weighted by atomic mass is 28.4. The molecule has 5 rings (SSSR count). The summed E-state index contributed by atoms with van der Waals surface area (Å²) in [6.45, 7) is 0.371. The first-order chi connectivity index (χ1) is 17.8. The number of carbonyl (C=O) groups excluding carboxylic acids is 1. The van der Waals surface area contributed by atoms with Crippen molar-refractivity contribution in [1.82, 2.24) is 0 Å². The van der Waals surface area contributed by atoms with E-state index in [0.717, 1.165) is 18.4 Å². The Labute approximate surface area is 216 Å². The van der Waals surface area contributed by atoms with Gasteiger partial charge in [0.2, 0.25) is 0 Å². The Morgan fingerprint density at radius 1 is 0.639 bits per heavy atom. The third kappa shape index (κ3) is 4.61. The van der Waals surface area contributed by atoms with Gasteiger partial charge in [-0.2, -0.15) is 0 Å². The van der Waals surface area contributed by atoms with E-state index in [1.165, 1.54) is 41.1 Å². The van der Waals surface area contributed by atoms with Gasteiger partial charge < -0.3 is 9.22 Å². The summed E-state index contributed by atoms with van der Waals surface area (Å²) in [7, 11) is -2.91. The van der Waals surface area contributed by atoms with Gasteiger partial charge in [0.1, 0.15) is 6.29 Å². The van der Waals surface area contributed by atoms with E-state index in [2.05, 4.69) is 103 Å². The predicted molar refractivity (Wildman–Crippen MR) is 151 cm³/mol. The molecule has 0 saturated heterocycles. The van der Waals surface area contributed by atoms with E-state index in [9.17, 15) is 4.79 Å². The lowest BCUT2D eigenvalue weighted by molar-refractivity contribution is -0.116. The lowest BCUT2D eigenvalue weighted by atomic mass is 9.66. The molecule has 0 spiro atoms. The molecule has 0 aromatic heterocycles. The van der Waals surface area contributed by atoms with E-state index < -0.39 is 13.7 Å². The molecule has 1 saturated carbocycles. The summed E-state index contributed by atoms with van der Waals surface area (Å²) in [5, 5.41) is 3.58. The fraction of sp³-hybridized carbons (Fsp3) is 0.242. The summed E-state index contributed by atoms with van der Waals surface area (Å²) < 4.78 is 7.36. The average Bonchev–Trinajstić information content (AvgIpc) is 2.98. The van der Waals surface area contributed by atoms with Crippen LogP contribution in [-0.4, -0.2) is 21.2 Å². The van der Waals surface area contributed by atoms with Crippen molar-refractivity contribution < 1.29 is 9.22 Å². The van der Waals surface area contributed by atoms with Gasteiger partial charge >= 0.3 is 0 Å². The summed E-state index contributed by atoms with van der Waals surface area (Å²) in [6, 6.07) is 42.2. The van der Waals surface area contributed by atoms with Crippen LogP contribution in [0.3, 0.4) is 0 Å². The molecule has 1 unspecified atom stereocenters. The van der Waals surface area contributed by atoms with Gasteiger partial charge in [-0.15, -0.1) is 0 Å². The highest BCUT2D eigenvalue weighted by Gasteiger charge is 2.47. The molecule has 0 heterocycles. The zero-order valence-corrected chi connectivity index (χ0v) is 21.8. The Hall–Kier alpha value is -3.27. The number of hydrogen-bond donors (Lipinski definition) is 0. The maximum absolute atomic E-state index is 13.2. The number of benzene rings is 4. The van der Waals surface area contributed by atoms with Crippen LogP contribution in [0.4, 0.5) is 0 Å². The molecule has 182 valence electrons. The van der Waals surface area contributed by atoms with E-state index in [1.807, 2.05) is 18.2 Å². The first-order valence-corrected chi connectivity index (χ1v) is 15.0. The molecule has 0 aliphatic heterocycles.